The van der Waals surface area contributed by atoms with Crippen LogP contribution < -0.4 is 20.2 Å². The van der Waals surface area contributed by atoms with Gasteiger partial charge in [-0.3, -0.25) is 9.59 Å². The van der Waals surface area contributed by atoms with Crippen LogP contribution >= 0.6 is 0 Å². The maximum absolute atomic E-state index is 12.6. The smallest absolute Gasteiger partial charge is 0.343 e. The third-order valence-electron chi connectivity index (χ3n) is 5.69. The Morgan fingerprint density at radius 1 is 0.718 bits per heavy atom. The van der Waals surface area contributed by atoms with E-state index >= 15 is 0 Å². The van der Waals surface area contributed by atoms with Crippen molar-refractivity contribution in [3.05, 3.63) is 124 Å². The Hall–Kier alpha value is -5.24. The second-order valence-electron chi connectivity index (χ2n) is 8.77. The van der Waals surface area contributed by atoms with Crippen molar-refractivity contribution in [1.29, 1.82) is 0 Å². The van der Waals surface area contributed by atoms with E-state index in [9.17, 15) is 14.4 Å². The minimum absolute atomic E-state index is 0.259. The van der Waals surface area contributed by atoms with Crippen LogP contribution in [0.1, 0.15) is 47.8 Å². The van der Waals surface area contributed by atoms with E-state index in [1.54, 1.807) is 72.8 Å². The molecular weight excluding hydrogens is 494 g/mol. The zero-order chi connectivity index (χ0) is 27.8. The molecule has 39 heavy (non-hydrogen) atoms. The number of hydrogen-bond acceptors (Lipinski definition) is 6. The molecule has 0 atom stereocenters. The summed E-state index contributed by atoms with van der Waals surface area (Å²) in [5.74, 6) is -0.620. The molecule has 0 unspecified atom stereocenters. The zero-order valence-electron chi connectivity index (χ0n) is 21.7. The average molecular weight is 522 g/mol. The van der Waals surface area contributed by atoms with E-state index in [1.165, 1.54) is 13.3 Å². The van der Waals surface area contributed by atoms with Crippen molar-refractivity contribution in [2.75, 3.05) is 12.4 Å². The summed E-state index contributed by atoms with van der Waals surface area (Å²) in [5.41, 5.74) is 6.78. The lowest BCUT2D eigenvalue weighted by molar-refractivity contribution is 0.0729. The van der Waals surface area contributed by atoms with Crippen molar-refractivity contribution >= 4 is 29.7 Å². The molecule has 2 N–H and O–H groups in total. The molecule has 196 valence electrons. The van der Waals surface area contributed by atoms with Crippen molar-refractivity contribution in [2.45, 2.75) is 13.8 Å². The van der Waals surface area contributed by atoms with E-state index in [-0.39, 0.29) is 11.7 Å². The molecule has 0 aliphatic heterocycles. The van der Waals surface area contributed by atoms with Gasteiger partial charge in [0.25, 0.3) is 11.8 Å². The van der Waals surface area contributed by atoms with Crippen molar-refractivity contribution in [2.24, 2.45) is 5.10 Å². The number of rotatable bonds is 8. The Labute approximate surface area is 226 Å². The summed E-state index contributed by atoms with van der Waals surface area (Å²) < 4.78 is 10.9. The molecule has 8 heteroatoms. The summed E-state index contributed by atoms with van der Waals surface area (Å²) in [7, 11) is 1.47. The Bertz CT molecular complexity index is 1560. The number of methoxy groups -OCH3 is 1. The van der Waals surface area contributed by atoms with Gasteiger partial charge in [0.05, 0.1) is 18.9 Å². The minimum atomic E-state index is -0.497. The number of aryl methyl sites for hydroxylation is 2. The first kappa shape index (κ1) is 26.8. The lowest BCUT2D eigenvalue weighted by atomic mass is 10.1. The number of ether oxygens (including phenoxy) is 2. The summed E-state index contributed by atoms with van der Waals surface area (Å²) in [4.78, 5) is 37.6. The first-order chi connectivity index (χ1) is 18.8. The van der Waals surface area contributed by atoms with Crippen LogP contribution in [0.5, 0.6) is 11.5 Å². The zero-order valence-corrected chi connectivity index (χ0v) is 21.7. The van der Waals surface area contributed by atoms with Crippen LogP contribution in [0.15, 0.2) is 96.1 Å². The number of hydrogen-bond donors (Lipinski definition) is 2. The highest BCUT2D eigenvalue weighted by Crippen LogP contribution is 2.28. The summed E-state index contributed by atoms with van der Waals surface area (Å²) in [6, 6.07) is 25.8. The summed E-state index contributed by atoms with van der Waals surface area (Å²) in [6.07, 6.45) is 1.44. The standard InChI is InChI=1S/C31H27N3O5/c1-20-7-4-9-23(15-20)29(35)33-26-12-6-10-24(18-26)30(36)34-32-19-22-13-14-27(28(17-22)38-3)39-31(37)25-11-5-8-21(2)16-25/h4-19H,1-3H3,(H,33,35)(H,34,36). The highest BCUT2D eigenvalue weighted by Gasteiger charge is 2.13. The fraction of sp³-hybridized carbons (Fsp3) is 0.0968. The highest BCUT2D eigenvalue weighted by atomic mass is 16.6. The maximum Gasteiger partial charge on any atom is 0.343 e. The summed E-state index contributed by atoms with van der Waals surface area (Å²) >= 11 is 0. The molecule has 2 amide bonds. The molecule has 4 aromatic rings. The van der Waals surface area contributed by atoms with Crippen LogP contribution in [0.25, 0.3) is 0 Å². The molecule has 0 saturated carbocycles. The number of carbonyl (C=O) groups is 3. The van der Waals surface area contributed by atoms with Crippen molar-refractivity contribution in [3.63, 3.8) is 0 Å². The third-order valence-corrected chi connectivity index (χ3v) is 5.69. The first-order valence-electron chi connectivity index (χ1n) is 12.1. The number of hydrazone groups is 1. The normalized spacial score (nSPS) is 10.6. The second-order valence-corrected chi connectivity index (χ2v) is 8.77. The van der Waals surface area contributed by atoms with Crippen LogP contribution in [-0.2, 0) is 0 Å². The Morgan fingerprint density at radius 2 is 1.36 bits per heavy atom. The van der Waals surface area contributed by atoms with Crippen molar-refractivity contribution in [1.82, 2.24) is 5.43 Å². The van der Waals surface area contributed by atoms with Gasteiger partial charge in [-0.25, -0.2) is 10.2 Å². The van der Waals surface area contributed by atoms with Gasteiger partial charge in [-0.2, -0.15) is 5.10 Å². The Kier molecular flexibility index (Phi) is 8.48. The lowest BCUT2D eigenvalue weighted by Crippen LogP contribution is -2.18. The molecule has 4 rings (SSSR count). The van der Waals surface area contributed by atoms with Gasteiger partial charge in [0.2, 0.25) is 0 Å². The first-order valence-corrected chi connectivity index (χ1v) is 12.1. The highest BCUT2D eigenvalue weighted by molar-refractivity contribution is 6.05. The van der Waals surface area contributed by atoms with Crippen LogP contribution in [-0.4, -0.2) is 31.1 Å². The van der Waals surface area contributed by atoms with E-state index in [1.807, 2.05) is 32.0 Å². The number of esters is 1. The van der Waals surface area contributed by atoms with E-state index in [2.05, 4.69) is 15.8 Å². The van der Waals surface area contributed by atoms with Gasteiger partial charge in [0, 0.05) is 16.8 Å². The molecule has 0 bridgehead atoms. The molecule has 0 heterocycles. The Balaban J connectivity index is 1.38. The second kappa shape index (κ2) is 12.3. The molecule has 0 radical (unpaired) electrons. The Morgan fingerprint density at radius 3 is 2.05 bits per heavy atom. The molecule has 4 aromatic carbocycles. The van der Waals surface area contributed by atoms with Crippen LogP contribution in [0.2, 0.25) is 0 Å². The largest absolute Gasteiger partial charge is 0.493 e. The van der Waals surface area contributed by atoms with Gasteiger partial charge in [-0.1, -0.05) is 41.5 Å². The summed E-state index contributed by atoms with van der Waals surface area (Å²) in [6.45, 7) is 3.81. The van der Waals surface area contributed by atoms with E-state index in [0.717, 1.165) is 11.1 Å². The monoisotopic (exact) mass is 521 g/mol. The fourth-order valence-electron chi connectivity index (χ4n) is 3.74. The number of nitrogens with one attached hydrogen (secondary N) is 2. The number of nitrogens with zero attached hydrogens (tertiary/aromatic N) is 1. The van der Waals surface area contributed by atoms with Crippen molar-refractivity contribution in [3.8, 4) is 11.5 Å². The van der Waals surface area contributed by atoms with Crippen LogP contribution in [0, 0.1) is 13.8 Å². The van der Waals surface area contributed by atoms with E-state index in [0.29, 0.717) is 33.7 Å². The number of amides is 2. The molecule has 0 aliphatic carbocycles. The third kappa shape index (κ3) is 7.17. The average Bonchev–Trinajstić information content (AvgIpc) is 2.93. The van der Waals surface area contributed by atoms with Crippen LogP contribution in [0.3, 0.4) is 0 Å². The van der Waals surface area contributed by atoms with Gasteiger partial charge in [-0.15, -0.1) is 0 Å². The fourth-order valence-corrected chi connectivity index (χ4v) is 3.74. The molecule has 0 saturated heterocycles. The number of anilines is 1. The molecule has 0 aliphatic rings. The van der Waals surface area contributed by atoms with Gasteiger partial charge in [0.15, 0.2) is 11.5 Å². The number of carbonyl (C=O) groups excluding carboxylic acids is 3. The molecular formula is C31H27N3O5. The quantitative estimate of drug-likeness (QED) is 0.137. The molecule has 0 fully saturated rings. The molecule has 0 aromatic heterocycles. The predicted octanol–water partition coefficient (Wildman–Crippen LogP) is 5.55. The topological polar surface area (TPSA) is 106 Å². The molecule has 0 spiro atoms. The molecule has 8 nitrogen and oxygen atoms in total. The predicted molar refractivity (Wildman–Crippen MR) is 150 cm³/mol. The van der Waals surface area contributed by atoms with E-state index < -0.39 is 11.9 Å². The van der Waals surface area contributed by atoms with Gasteiger partial charge in [-0.05, 0) is 80.1 Å². The van der Waals surface area contributed by atoms with Gasteiger partial charge < -0.3 is 14.8 Å². The number of benzene rings is 4. The van der Waals surface area contributed by atoms with Gasteiger partial charge in [0.1, 0.15) is 0 Å². The SMILES string of the molecule is COc1cc(C=NNC(=O)c2cccc(NC(=O)c3cccc(C)c3)c2)ccc1OC(=O)c1cccc(C)c1. The summed E-state index contributed by atoms with van der Waals surface area (Å²) in [5, 5.41) is 6.81. The van der Waals surface area contributed by atoms with Crippen LogP contribution in [0.4, 0.5) is 5.69 Å². The minimum Gasteiger partial charge on any atom is -0.493 e. The van der Waals surface area contributed by atoms with Gasteiger partial charge >= 0.3 is 5.97 Å². The van der Waals surface area contributed by atoms with Crippen molar-refractivity contribution < 1.29 is 23.9 Å². The lowest BCUT2D eigenvalue weighted by Gasteiger charge is -2.10. The van der Waals surface area contributed by atoms with E-state index in [4.69, 9.17) is 9.47 Å². The maximum atomic E-state index is 12.6.